The summed E-state index contributed by atoms with van der Waals surface area (Å²) in [5.41, 5.74) is 1.85. The molecule has 1 N–H and O–H groups in total. The van der Waals surface area contributed by atoms with E-state index in [1.807, 2.05) is 6.07 Å². The molecule has 0 spiro atoms. The van der Waals surface area contributed by atoms with Gasteiger partial charge in [0.2, 0.25) is 0 Å². The molecule has 16 heavy (non-hydrogen) atoms. The minimum atomic E-state index is -0.359. The molecule has 3 heterocycles. The van der Waals surface area contributed by atoms with E-state index in [1.165, 1.54) is 12.5 Å². The molecule has 0 aliphatic rings. The molecule has 3 aromatic heterocycles. The molecular formula is C11H7FN4. The average Bonchev–Trinajstić information content (AvgIpc) is 2.73. The third-order valence-electron chi connectivity index (χ3n) is 2.36. The van der Waals surface area contributed by atoms with Gasteiger partial charge in [-0.15, -0.1) is 0 Å². The Bertz CT molecular complexity index is 614. The Hall–Kier alpha value is -2.30. The Balaban J connectivity index is 2.23. The Labute approximate surface area is 90.2 Å². The molecule has 0 unspecified atom stereocenters. The summed E-state index contributed by atoms with van der Waals surface area (Å²) in [7, 11) is 0. The number of H-pyrrole nitrogens is 1. The van der Waals surface area contributed by atoms with Crippen molar-refractivity contribution in [3.63, 3.8) is 0 Å². The maximum atomic E-state index is 13.5. The number of hydrogen-bond acceptors (Lipinski definition) is 3. The van der Waals surface area contributed by atoms with E-state index in [0.717, 1.165) is 5.39 Å². The Morgan fingerprint density at radius 3 is 2.94 bits per heavy atom. The zero-order valence-corrected chi connectivity index (χ0v) is 8.18. The summed E-state index contributed by atoms with van der Waals surface area (Å²) >= 11 is 0. The highest BCUT2D eigenvalue weighted by atomic mass is 19.1. The molecule has 0 bridgehead atoms. The molecule has 0 amide bonds. The van der Waals surface area contributed by atoms with Crippen LogP contribution in [0.15, 0.2) is 37.1 Å². The zero-order chi connectivity index (χ0) is 11.0. The first-order chi connectivity index (χ1) is 7.84. The molecule has 0 aliphatic carbocycles. The van der Waals surface area contributed by atoms with Crippen molar-refractivity contribution in [3.05, 3.63) is 42.9 Å². The van der Waals surface area contributed by atoms with Crippen LogP contribution in [0, 0.1) is 5.82 Å². The van der Waals surface area contributed by atoms with Gasteiger partial charge in [-0.3, -0.25) is 4.98 Å². The standard InChI is InChI=1S/C11H7FN4/c12-9-5-13-2-1-8(9)10-3-7-4-14-6-15-11(7)16-10/h1-6H,(H,14,15,16). The highest BCUT2D eigenvalue weighted by molar-refractivity contribution is 5.82. The first kappa shape index (κ1) is 8.96. The molecule has 0 radical (unpaired) electrons. The SMILES string of the molecule is Fc1cnccc1-c1cc2cncnc2[nH]1. The second kappa shape index (κ2) is 3.37. The summed E-state index contributed by atoms with van der Waals surface area (Å²) in [6, 6.07) is 3.43. The number of rotatable bonds is 1. The van der Waals surface area contributed by atoms with Crippen molar-refractivity contribution in [1.82, 2.24) is 19.9 Å². The van der Waals surface area contributed by atoms with Crippen LogP contribution in [0.5, 0.6) is 0 Å². The molecule has 3 rings (SSSR count). The van der Waals surface area contributed by atoms with Gasteiger partial charge in [0.1, 0.15) is 12.0 Å². The Morgan fingerprint density at radius 1 is 1.19 bits per heavy atom. The normalized spacial score (nSPS) is 10.8. The smallest absolute Gasteiger partial charge is 0.150 e. The molecule has 78 valence electrons. The predicted octanol–water partition coefficient (Wildman–Crippen LogP) is 2.16. The zero-order valence-electron chi connectivity index (χ0n) is 8.18. The Morgan fingerprint density at radius 2 is 2.12 bits per heavy atom. The number of aromatic nitrogens is 4. The number of halogens is 1. The lowest BCUT2D eigenvalue weighted by atomic mass is 10.2. The molecule has 0 atom stereocenters. The lowest BCUT2D eigenvalue weighted by Crippen LogP contribution is -1.85. The van der Waals surface area contributed by atoms with Crippen molar-refractivity contribution >= 4 is 11.0 Å². The van der Waals surface area contributed by atoms with Crippen LogP contribution in [0.1, 0.15) is 0 Å². The molecule has 3 aromatic rings. The lowest BCUT2D eigenvalue weighted by Gasteiger charge is -1.97. The quantitative estimate of drug-likeness (QED) is 0.675. The third kappa shape index (κ3) is 1.33. The third-order valence-corrected chi connectivity index (χ3v) is 2.36. The second-order valence-corrected chi connectivity index (χ2v) is 3.37. The van der Waals surface area contributed by atoms with E-state index >= 15 is 0 Å². The number of nitrogens with one attached hydrogen (secondary N) is 1. The van der Waals surface area contributed by atoms with Gasteiger partial charge in [-0.2, -0.15) is 0 Å². The lowest BCUT2D eigenvalue weighted by molar-refractivity contribution is 0.624. The van der Waals surface area contributed by atoms with Gasteiger partial charge in [0.05, 0.1) is 11.9 Å². The van der Waals surface area contributed by atoms with Gasteiger partial charge < -0.3 is 4.98 Å². The van der Waals surface area contributed by atoms with E-state index in [2.05, 4.69) is 19.9 Å². The van der Waals surface area contributed by atoms with E-state index in [1.54, 1.807) is 18.5 Å². The van der Waals surface area contributed by atoms with Crippen LogP contribution in [0.3, 0.4) is 0 Å². The molecule has 4 nitrogen and oxygen atoms in total. The van der Waals surface area contributed by atoms with Gasteiger partial charge in [0.15, 0.2) is 5.82 Å². The van der Waals surface area contributed by atoms with Crippen molar-refractivity contribution in [2.75, 3.05) is 0 Å². The predicted molar refractivity (Wildman–Crippen MR) is 57.1 cm³/mol. The fraction of sp³-hybridized carbons (Fsp3) is 0. The van der Waals surface area contributed by atoms with E-state index in [9.17, 15) is 4.39 Å². The fourth-order valence-corrected chi connectivity index (χ4v) is 1.61. The van der Waals surface area contributed by atoms with E-state index in [0.29, 0.717) is 16.9 Å². The van der Waals surface area contributed by atoms with Crippen molar-refractivity contribution in [2.24, 2.45) is 0 Å². The number of nitrogens with zero attached hydrogens (tertiary/aromatic N) is 3. The first-order valence-corrected chi connectivity index (χ1v) is 4.73. The molecule has 0 saturated heterocycles. The van der Waals surface area contributed by atoms with Gasteiger partial charge in [0.25, 0.3) is 0 Å². The minimum Gasteiger partial charge on any atom is -0.339 e. The van der Waals surface area contributed by atoms with Gasteiger partial charge in [0, 0.05) is 23.3 Å². The summed E-state index contributed by atoms with van der Waals surface area (Å²) < 4.78 is 13.5. The highest BCUT2D eigenvalue weighted by Crippen LogP contribution is 2.23. The summed E-state index contributed by atoms with van der Waals surface area (Å²) in [4.78, 5) is 14.7. The minimum absolute atomic E-state index is 0.359. The van der Waals surface area contributed by atoms with E-state index in [4.69, 9.17) is 0 Å². The highest BCUT2D eigenvalue weighted by Gasteiger charge is 2.08. The fourth-order valence-electron chi connectivity index (χ4n) is 1.61. The van der Waals surface area contributed by atoms with Crippen molar-refractivity contribution in [1.29, 1.82) is 0 Å². The van der Waals surface area contributed by atoms with Crippen LogP contribution in [0.2, 0.25) is 0 Å². The number of fused-ring (bicyclic) bond motifs is 1. The van der Waals surface area contributed by atoms with Crippen LogP contribution >= 0.6 is 0 Å². The largest absolute Gasteiger partial charge is 0.339 e. The maximum absolute atomic E-state index is 13.5. The average molecular weight is 214 g/mol. The van der Waals surface area contributed by atoms with Crippen LogP contribution < -0.4 is 0 Å². The summed E-state index contributed by atoms with van der Waals surface area (Å²) in [5.74, 6) is -0.359. The number of aromatic amines is 1. The summed E-state index contributed by atoms with van der Waals surface area (Å²) in [6.07, 6.45) is 5.87. The molecule has 0 fully saturated rings. The Kier molecular flexibility index (Phi) is 1.89. The summed E-state index contributed by atoms with van der Waals surface area (Å²) in [6.45, 7) is 0. The molecule has 0 aliphatic heterocycles. The number of pyridine rings is 1. The van der Waals surface area contributed by atoms with Gasteiger partial charge in [-0.05, 0) is 12.1 Å². The topological polar surface area (TPSA) is 54.5 Å². The second-order valence-electron chi connectivity index (χ2n) is 3.37. The van der Waals surface area contributed by atoms with Crippen LogP contribution in [-0.2, 0) is 0 Å². The van der Waals surface area contributed by atoms with Crippen molar-refractivity contribution in [3.8, 4) is 11.3 Å². The van der Waals surface area contributed by atoms with E-state index in [-0.39, 0.29) is 5.82 Å². The van der Waals surface area contributed by atoms with Gasteiger partial charge in [-0.25, -0.2) is 14.4 Å². The molecule has 0 saturated carbocycles. The van der Waals surface area contributed by atoms with Crippen molar-refractivity contribution < 1.29 is 4.39 Å². The molecular weight excluding hydrogens is 207 g/mol. The van der Waals surface area contributed by atoms with Gasteiger partial charge in [-0.1, -0.05) is 0 Å². The van der Waals surface area contributed by atoms with Crippen LogP contribution in [-0.4, -0.2) is 19.9 Å². The first-order valence-electron chi connectivity index (χ1n) is 4.73. The molecule has 0 aromatic carbocycles. The number of hydrogen-bond donors (Lipinski definition) is 1. The van der Waals surface area contributed by atoms with Crippen molar-refractivity contribution in [2.45, 2.75) is 0 Å². The van der Waals surface area contributed by atoms with Gasteiger partial charge >= 0.3 is 0 Å². The monoisotopic (exact) mass is 214 g/mol. The molecule has 5 heteroatoms. The summed E-state index contributed by atoms with van der Waals surface area (Å²) in [5, 5.41) is 0.855. The van der Waals surface area contributed by atoms with Crippen LogP contribution in [0.25, 0.3) is 22.3 Å². The van der Waals surface area contributed by atoms with E-state index < -0.39 is 0 Å². The maximum Gasteiger partial charge on any atom is 0.150 e. The van der Waals surface area contributed by atoms with Crippen LogP contribution in [0.4, 0.5) is 4.39 Å².